The van der Waals surface area contributed by atoms with Crippen molar-refractivity contribution < 1.29 is 52.7 Å². The average Bonchev–Trinajstić information content (AvgIpc) is 3.72. The van der Waals surface area contributed by atoms with Crippen molar-refractivity contribution in [2.45, 2.75) is 32.5 Å². The number of aliphatic hydroxyl groups excluding tert-OH is 2. The summed E-state index contributed by atoms with van der Waals surface area (Å²) in [5.74, 6) is -1.61. The van der Waals surface area contributed by atoms with Crippen LogP contribution in [0.2, 0.25) is 0 Å². The Hall–Kier alpha value is -6.25. The van der Waals surface area contributed by atoms with Crippen molar-refractivity contribution in [3.8, 4) is 23.0 Å². The Labute approximate surface area is 310 Å². The summed E-state index contributed by atoms with van der Waals surface area (Å²) in [6.07, 6.45) is 3.84. The second-order valence-electron chi connectivity index (χ2n) is 11.9. The number of H-pyrrole nitrogens is 1. The van der Waals surface area contributed by atoms with Crippen molar-refractivity contribution in [3.63, 3.8) is 0 Å². The molecule has 0 unspecified atom stereocenters. The number of anilines is 1. The normalized spacial score (nSPS) is 10.7. The Morgan fingerprint density at radius 2 is 1.43 bits per heavy atom. The molecule has 0 saturated heterocycles. The molecule has 0 saturated carbocycles. The third-order valence-electron chi connectivity index (χ3n) is 8.00. The van der Waals surface area contributed by atoms with Gasteiger partial charge in [0.05, 0.1) is 37.9 Å². The number of nitrogens with one attached hydrogen (secondary N) is 2. The molecule has 282 valence electrons. The average molecular weight is 742 g/mol. The molecule has 1 heterocycles. The van der Waals surface area contributed by atoms with Crippen LogP contribution in [0.4, 0.5) is 10.1 Å². The first-order valence-electron chi connectivity index (χ1n) is 17.0. The number of nitrogens with zero attached hydrogens (tertiary/aromatic N) is 1. The smallest absolute Gasteiger partial charge is 0.341 e. The van der Waals surface area contributed by atoms with E-state index in [-0.39, 0.29) is 98.1 Å². The highest BCUT2D eigenvalue weighted by molar-refractivity contribution is 6.08. The van der Waals surface area contributed by atoms with Crippen LogP contribution in [-0.2, 0) is 35.6 Å². The van der Waals surface area contributed by atoms with Gasteiger partial charge in [-0.1, -0.05) is 42.5 Å². The predicted molar refractivity (Wildman–Crippen MR) is 194 cm³/mol. The number of halogens is 1. The van der Waals surface area contributed by atoms with Crippen molar-refractivity contribution in [2.24, 2.45) is 0 Å². The number of methoxy groups -OCH3 is 1. The molecule has 5 aromatic rings. The summed E-state index contributed by atoms with van der Waals surface area (Å²) in [6.45, 7) is -0.973. The van der Waals surface area contributed by atoms with Gasteiger partial charge in [-0.05, 0) is 41.8 Å². The molecule has 0 aliphatic rings. The molecule has 14 heteroatoms. The number of aromatic amines is 1. The maximum absolute atomic E-state index is 14.2. The van der Waals surface area contributed by atoms with Crippen molar-refractivity contribution >= 4 is 23.3 Å². The summed E-state index contributed by atoms with van der Waals surface area (Å²) in [4.78, 5) is 47.1. The minimum absolute atomic E-state index is 0.000830. The number of hydrogen-bond acceptors (Lipinski definition) is 11. The van der Waals surface area contributed by atoms with Crippen LogP contribution in [0, 0.1) is 5.82 Å². The number of benzene rings is 4. The zero-order valence-electron chi connectivity index (χ0n) is 29.5. The Morgan fingerprint density at radius 3 is 2.09 bits per heavy atom. The standard InChI is InChI=1S/C40H40FN3O10/c1-50-40(49)33-20-38(52-16-14-46)34(21-37(33)54-24-27-7-9-29(41)10-8-27)44-39(48)32-19-35(53-23-26-5-3-2-4-6-26)28(18-36(32)51-15-13-45)17-31(47)12-11-30-22-42-25-43-30/h2-10,18-22,25,45-46H,11-17,23-24H2,1H3,(H,42,43)(H,44,48). The zero-order chi connectivity index (χ0) is 38.3. The number of ether oxygens (including phenoxy) is 5. The molecule has 1 amide bonds. The van der Waals surface area contributed by atoms with Crippen LogP contribution in [0.25, 0.3) is 0 Å². The van der Waals surface area contributed by atoms with E-state index in [0.29, 0.717) is 17.5 Å². The molecule has 5 rings (SSSR count). The van der Waals surface area contributed by atoms with Crippen LogP contribution in [0.3, 0.4) is 0 Å². The number of hydrogen-bond donors (Lipinski definition) is 4. The number of rotatable bonds is 20. The number of Topliss-reactive ketones (excluding diaryl/α,β-unsaturated/α-hetero) is 1. The number of carbonyl (C=O) groups is 3. The summed E-state index contributed by atoms with van der Waals surface area (Å²) in [5.41, 5.74) is 2.77. The van der Waals surface area contributed by atoms with Crippen molar-refractivity contribution in [1.29, 1.82) is 0 Å². The Kier molecular flexibility index (Phi) is 14.1. The molecule has 0 aliphatic carbocycles. The molecule has 0 bridgehead atoms. The maximum Gasteiger partial charge on any atom is 0.341 e. The van der Waals surface area contributed by atoms with Crippen LogP contribution in [0.15, 0.2) is 91.4 Å². The van der Waals surface area contributed by atoms with Gasteiger partial charge in [-0.25, -0.2) is 14.2 Å². The molecule has 0 radical (unpaired) electrons. The zero-order valence-corrected chi connectivity index (χ0v) is 29.5. The van der Waals surface area contributed by atoms with Gasteiger partial charge in [-0.2, -0.15) is 0 Å². The van der Waals surface area contributed by atoms with E-state index in [1.807, 2.05) is 30.3 Å². The molecule has 4 aromatic carbocycles. The number of imidazole rings is 1. The van der Waals surface area contributed by atoms with Crippen LogP contribution in [0.5, 0.6) is 23.0 Å². The van der Waals surface area contributed by atoms with Gasteiger partial charge in [0.1, 0.15) is 66.6 Å². The van der Waals surface area contributed by atoms with Gasteiger partial charge in [0.25, 0.3) is 5.91 Å². The lowest BCUT2D eigenvalue weighted by atomic mass is 10.0. The molecule has 1 aromatic heterocycles. The van der Waals surface area contributed by atoms with Gasteiger partial charge >= 0.3 is 5.97 Å². The van der Waals surface area contributed by atoms with E-state index in [0.717, 1.165) is 11.3 Å². The van der Waals surface area contributed by atoms with Gasteiger partial charge in [0.15, 0.2) is 0 Å². The number of aryl methyl sites for hydroxylation is 1. The third-order valence-corrected chi connectivity index (χ3v) is 8.00. The van der Waals surface area contributed by atoms with E-state index in [4.69, 9.17) is 23.7 Å². The Balaban J connectivity index is 1.50. The molecule has 0 fully saturated rings. The van der Waals surface area contributed by atoms with Gasteiger partial charge in [-0.3, -0.25) is 9.59 Å². The molecular formula is C40H40FN3O10. The fourth-order valence-corrected chi connectivity index (χ4v) is 5.31. The minimum atomic E-state index is -0.759. The number of aromatic nitrogens is 2. The summed E-state index contributed by atoms with van der Waals surface area (Å²) in [6, 6.07) is 20.6. The second-order valence-corrected chi connectivity index (χ2v) is 11.9. The summed E-state index contributed by atoms with van der Waals surface area (Å²) in [5, 5.41) is 21.9. The largest absolute Gasteiger partial charge is 0.490 e. The number of ketones is 1. The molecule has 13 nitrogen and oxygen atoms in total. The van der Waals surface area contributed by atoms with Gasteiger partial charge in [0, 0.05) is 42.4 Å². The summed E-state index contributed by atoms with van der Waals surface area (Å²) >= 11 is 0. The van der Waals surface area contributed by atoms with Crippen LogP contribution in [-0.4, -0.2) is 71.4 Å². The van der Waals surface area contributed by atoms with Gasteiger partial charge in [-0.15, -0.1) is 0 Å². The summed E-state index contributed by atoms with van der Waals surface area (Å²) < 4.78 is 42.1. The topological polar surface area (TPSA) is 179 Å². The van der Waals surface area contributed by atoms with Gasteiger partial charge < -0.3 is 44.2 Å². The second kappa shape index (κ2) is 19.5. The number of carbonyl (C=O) groups excluding carboxylic acids is 3. The van der Waals surface area contributed by atoms with E-state index >= 15 is 0 Å². The SMILES string of the molecule is COC(=O)c1cc(OCCO)c(NC(=O)c2cc(OCc3ccccc3)c(CC(=O)CCc3cnc[nH]3)cc2OCCO)cc1OCc1ccc(F)cc1. The number of esters is 1. The molecule has 0 aliphatic heterocycles. The quantitative estimate of drug-likeness (QED) is 0.0768. The lowest BCUT2D eigenvalue weighted by Gasteiger charge is -2.19. The number of amides is 1. The van der Waals surface area contributed by atoms with Gasteiger partial charge in [0.2, 0.25) is 0 Å². The van der Waals surface area contributed by atoms with E-state index < -0.39 is 17.7 Å². The molecular weight excluding hydrogens is 701 g/mol. The first kappa shape index (κ1) is 39.0. The highest BCUT2D eigenvalue weighted by Crippen LogP contribution is 2.37. The Bertz CT molecular complexity index is 2010. The molecule has 0 spiro atoms. The maximum atomic E-state index is 14.2. The lowest BCUT2D eigenvalue weighted by Crippen LogP contribution is -2.18. The van der Waals surface area contributed by atoms with E-state index in [1.165, 1.54) is 49.6 Å². The summed E-state index contributed by atoms with van der Waals surface area (Å²) in [7, 11) is 1.19. The Morgan fingerprint density at radius 1 is 0.778 bits per heavy atom. The van der Waals surface area contributed by atoms with Crippen molar-refractivity contribution in [1.82, 2.24) is 9.97 Å². The van der Waals surface area contributed by atoms with Crippen LogP contribution in [0.1, 0.15) is 49.5 Å². The van der Waals surface area contributed by atoms with Crippen molar-refractivity contribution in [2.75, 3.05) is 38.9 Å². The van der Waals surface area contributed by atoms with E-state index in [9.17, 15) is 29.0 Å². The molecule has 4 N–H and O–H groups in total. The molecule has 0 atom stereocenters. The van der Waals surface area contributed by atoms with Crippen molar-refractivity contribution in [3.05, 3.63) is 131 Å². The fraction of sp³-hybridized carbons (Fsp3) is 0.250. The van der Waals surface area contributed by atoms with E-state index in [2.05, 4.69) is 15.3 Å². The number of aliphatic hydroxyl groups is 2. The highest BCUT2D eigenvalue weighted by atomic mass is 19.1. The minimum Gasteiger partial charge on any atom is -0.490 e. The third kappa shape index (κ3) is 10.9. The first-order valence-corrected chi connectivity index (χ1v) is 17.0. The van der Waals surface area contributed by atoms with Crippen LogP contribution >= 0.6 is 0 Å². The highest BCUT2D eigenvalue weighted by Gasteiger charge is 2.24. The van der Waals surface area contributed by atoms with Crippen LogP contribution < -0.4 is 24.3 Å². The van der Waals surface area contributed by atoms with E-state index in [1.54, 1.807) is 18.6 Å². The monoisotopic (exact) mass is 741 g/mol. The first-order chi connectivity index (χ1) is 26.3. The molecule has 54 heavy (non-hydrogen) atoms. The lowest BCUT2D eigenvalue weighted by molar-refractivity contribution is -0.118. The fourth-order valence-electron chi connectivity index (χ4n) is 5.31. The predicted octanol–water partition coefficient (Wildman–Crippen LogP) is 5.23.